The van der Waals surface area contributed by atoms with Crippen LogP contribution in [-0.2, 0) is 13.1 Å². The molecule has 0 bridgehead atoms. The number of nitrogens with zero attached hydrogens (tertiary/aromatic N) is 4. The minimum Gasteiger partial charge on any atom is -0.334 e. The zero-order chi connectivity index (χ0) is 16.1. The quantitative estimate of drug-likeness (QED) is 0.909. The van der Waals surface area contributed by atoms with Crippen LogP contribution in [0.4, 0.5) is 4.79 Å². The van der Waals surface area contributed by atoms with Gasteiger partial charge in [0.2, 0.25) is 0 Å². The predicted molar refractivity (Wildman–Crippen MR) is 91.4 cm³/mol. The molecule has 1 N–H and O–H groups in total. The second kappa shape index (κ2) is 7.61. The lowest BCUT2D eigenvalue weighted by Gasteiger charge is -2.35. The van der Waals surface area contributed by atoms with Crippen LogP contribution in [0.5, 0.6) is 0 Å². The van der Waals surface area contributed by atoms with E-state index in [1.54, 1.807) is 17.5 Å². The van der Waals surface area contributed by atoms with E-state index in [1.165, 1.54) is 5.56 Å². The lowest BCUT2D eigenvalue weighted by Crippen LogP contribution is -2.53. The molecule has 1 fully saturated rings. The Bertz CT molecular complexity index is 590. The predicted octanol–water partition coefficient (Wildman–Crippen LogP) is 1.86. The number of thiophene rings is 1. The van der Waals surface area contributed by atoms with Crippen molar-refractivity contribution in [1.82, 2.24) is 24.9 Å². The maximum Gasteiger partial charge on any atom is 0.317 e. The SMILES string of the molecule is C[C@H](Cn1cccn1)NC(=O)N1CCN(Cc2ccsc2)CC1. The Morgan fingerprint density at radius 2 is 2.22 bits per heavy atom. The molecule has 0 saturated carbocycles. The summed E-state index contributed by atoms with van der Waals surface area (Å²) in [7, 11) is 0. The van der Waals surface area contributed by atoms with Gasteiger partial charge in [0.25, 0.3) is 0 Å². The largest absolute Gasteiger partial charge is 0.334 e. The summed E-state index contributed by atoms with van der Waals surface area (Å²) in [4.78, 5) is 16.6. The topological polar surface area (TPSA) is 53.4 Å². The van der Waals surface area contributed by atoms with Crippen LogP contribution in [0.3, 0.4) is 0 Å². The summed E-state index contributed by atoms with van der Waals surface area (Å²) < 4.78 is 1.84. The molecule has 6 nitrogen and oxygen atoms in total. The fourth-order valence-corrected chi connectivity index (χ4v) is 3.45. The lowest BCUT2D eigenvalue weighted by molar-refractivity contribution is 0.133. The van der Waals surface area contributed by atoms with Gasteiger partial charge in [-0.3, -0.25) is 9.58 Å². The molecule has 0 spiro atoms. The van der Waals surface area contributed by atoms with Gasteiger partial charge in [0.1, 0.15) is 0 Å². The van der Waals surface area contributed by atoms with Crippen LogP contribution in [0.25, 0.3) is 0 Å². The Kier molecular flexibility index (Phi) is 5.30. The number of aromatic nitrogens is 2. The van der Waals surface area contributed by atoms with Gasteiger partial charge in [-0.25, -0.2) is 4.79 Å². The van der Waals surface area contributed by atoms with Crippen LogP contribution in [0.1, 0.15) is 12.5 Å². The van der Waals surface area contributed by atoms with E-state index in [0.29, 0.717) is 6.54 Å². The van der Waals surface area contributed by atoms with Crippen LogP contribution in [0.2, 0.25) is 0 Å². The molecule has 3 rings (SSSR count). The molecule has 3 heterocycles. The summed E-state index contributed by atoms with van der Waals surface area (Å²) in [6.45, 7) is 7.10. The standard InChI is InChI=1S/C16H23N5OS/c1-14(11-21-5-2-4-17-21)18-16(22)20-8-6-19(7-9-20)12-15-3-10-23-13-15/h2-5,10,13-14H,6-9,11-12H2,1H3,(H,18,22)/t14-/m1/s1. The zero-order valence-corrected chi connectivity index (χ0v) is 14.2. The molecule has 0 radical (unpaired) electrons. The van der Waals surface area contributed by atoms with E-state index in [-0.39, 0.29) is 12.1 Å². The fraction of sp³-hybridized carbons (Fsp3) is 0.500. The normalized spacial score (nSPS) is 17.2. The maximum atomic E-state index is 12.3. The number of amides is 2. The number of urea groups is 1. The average molecular weight is 333 g/mol. The first kappa shape index (κ1) is 16.0. The number of carbonyl (C=O) groups excluding carboxylic acids is 1. The highest BCUT2D eigenvalue weighted by atomic mass is 32.1. The first-order valence-electron chi connectivity index (χ1n) is 7.97. The molecule has 23 heavy (non-hydrogen) atoms. The Hall–Kier alpha value is -1.86. The molecule has 0 aromatic carbocycles. The fourth-order valence-electron chi connectivity index (χ4n) is 2.79. The number of nitrogens with one attached hydrogen (secondary N) is 1. The summed E-state index contributed by atoms with van der Waals surface area (Å²) in [5, 5.41) is 11.5. The molecule has 2 aromatic heterocycles. The van der Waals surface area contributed by atoms with Gasteiger partial charge in [-0.15, -0.1) is 0 Å². The van der Waals surface area contributed by atoms with E-state index in [2.05, 4.69) is 32.1 Å². The van der Waals surface area contributed by atoms with E-state index >= 15 is 0 Å². The average Bonchev–Trinajstić information content (AvgIpc) is 3.21. The zero-order valence-electron chi connectivity index (χ0n) is 13.4. The highest BCUT2D eigenvalue weighted by Gasteiger charge is 2.22. The van der Waals surface area contributed by atoms with Gasteiger partial charge >= 0.3 is 6.03 Å². The van der Waals surface area contributed by atoms with E-state index in [1.807, 2.05) is 28.8 Å². The lowest BCUT2D eigenvalue weighted by atomic mass is 10.2. The van der Waals surface area contributed by atoms with E-state index in [4.69, 9.17) is 0 Å². The van der Waals surface area contributed by atoms with Crippen LogP contribution >= 0.6 is 11.3 Å². The van der Waals surface area contributed by atoms with Gasteiger partial charge in [0, 0.05) is 51.2 Å². The molecular formula is C16H23N5OS. The second-order valence-electron chi connectivity index (χ2n) is 5.97. The number of hydrogen-bond acceptors (Lipinski definition) is 4. The smallest absolute Gasteiger partial charge is 0.317 e. The van der Waals surface area contributed by atoms with Gasteiger partial charge in [-0.05, 0) is 35.4 Å². The molecule has 0 unspecified atom stereocenters. The van der Waals surface area contributed by atoms with Gasteiger partial charge in [-0.2, -0.15) is 16.4 Å². The molecule has 124 valence electrons. The Morgan fingerprint density at radius 3 is 2.87 bits per heavy atom. The molecule has 1 aliphatic rings. The third-order valence-electron chi connectivity index (χ3n) is 4.04. The molecular weight excluding hydrogens is 310 g/mol. The van der Waals surface area contributed by atoms with Crippen LogP contribution in [-0.4, -0.2) is 57.8 Å². The van der Waals surface area contributed by atoms with Crippen LogP contribution in [0, 0.1) is 0 Å². The summed E-state index contributed by atoms with van der Waals surface area (Å²) >= 11 is 1.73. The Labute approximate surface area is 140 Å². The second-order valence-corrected chi connectivity index (χ2v) is 6.75. The van der Waals surface area contributed by atoms with E-state index in [0.717, 1.165) is 32.7 Å². The van der Waals surface area contributed by atoms with Crippen molar-refractivity contribution in [2.24, 2.45) is 0 Å². The number of piperazine rings is 1. The third kappa shape index (κ3) is 4.56. The molecule has 1 aliphatic heterocycles. The number of hydrogen-bond donors (Lipinski definition) is 1. The summed E-state index contributed by atoms with van der Waals surface area (Å²) in [5.74, 6) is 0. The van der Waals surface area contributed by atoms with E-state index < -0.39 is 0 Å². The highest BCUT2D eigenvalue weighted by molar-refractivity contribution is 7.07. The first-order valence-corrected chi connectivity index (χ1v) is 8.91. The molecule has 0 aliphatic carbocycles. The monoisotopic (exact) mass is 333 g/mol. The van der Waals surface area contributed by atoms with Gasteiger partial charge in [0.05, 0.1) is 6.54 Å². The van der Waals surface area contributed by atoms with Crippen molar-refractivity contribution in [2.75, 3.05) is 26.2 Å². The number of carbonyl (C=O) groups is 1. The van der Waals surface area contributed by atoms with Crippen molar-refractivity contribution < 1.29 is 4.79 Å². The maximum absolute atomic E-state index is 12.3. The van der Waals surface area contributed by atoms with Crippen molar-refractivity contribution >= 4 is 17.4 Å². The van der Waals surface area contributed by atoms with Gasteiger partial charge in [-0.1, -0.05) is 0 Å². The van der Waals surface area contributed by atoms with Crippen molar-refractivity contribution in [1.29, 1.82) is 0 Å². The Morgan fingerprint density at radius 1 is 1.39 bits per heavy atom. The minimum atomic E-state index is 0.0276. The Balaban J connectivity index is 1.41. The molecule has 7 heteroatoms. The molecule has 2 amide bonds. The van der Waals surface area contributed by atoms with Crippen LogP contribution < -0.4 is 5.32 Å². The van der Waals surface area contributed by atoms with Gasteiger partial charge in [0.15, 0.2) is 0 Å². The van der Waals surface area contributed by atoms with Crippen molar-refractivity contribution in [3.63, 3.8) is 0 Å². The molecule has 1 atom stereocenters. The van der Waals surface area contributed by atoms with E-state index in [9.17, 15) is 4.79 Å². The summed E-state index contributed by atoms with van der Waals surface area (Å²) in [5.41, 5.74) is 1.36. The molecule has 2 aromatic rings. The summed E-state index contributed by atoms with van der Waals surface area (Å²) in [6, 6.07) is 4.15. The summed E-state index contributed by atoms with van der Waals surface area (Å²) in [6.07, 6.45) is 3.66. The number of rotatable bonds is 5. The van der Waals surface area contributed by atoms with Crippen molar-refractivity contribution in [3.05, 3.63) is 40.8 Å². The molecule has 1 saturated heterocycles. The van der Waals surface area contributed by atoms with Gasteiger partial charge < -0.3 is 10.2 Å². The van der Waals surface area contributed by atoms with Crippen LogP contribution in [0.15, 0.2) is 35.3 Å². The van der Waals surface area contributed by atoms with Crippen molar-refractivity contribution in [3.8, 4) is 0 Å². The first-order chi connectivity index (χ1) is 11.2. The third-order valence-corrected chi connectivity index (χ3v) is 4.77. The highest BCUT2D eigenvalue weighted by Crippen LogP contribution is 2.11. The van der Waals surface area contributed by atoms with Crippen molar-refractivity contribution in [2.45, 2.75) is 26.1 Å². The minimum absolute atomic E-state index is 0.0276.